The number of benzene rings is 1. The Kier molecular flexibility index (Phi) is 5.22. The molecule has 0 bridgehead atoms. The molecule has 30 heavy (non-hydrogen) atoms. The Morgan fingerprint density at radius 3 is 2.70 bits per heavy atom. The molecule has 0 amide bonds. The van der Waals surface area contributed by atoms with Crippen molar-refractivity contribution in [2.75, 3.05) is 23.7 Å². The maximum absolute atomic E-state index is 4.70. The number of nitrogens with zero attached hydrogens (tertiary/aromatic N) is 5. The fourth-order valence-corrected chi connectivity index (χ4v) is 3.83. The van der Waals surface area contributed by atoms with Crippen molar-refractivity contribution < 1.29 is 0 Å². The summed E-state index contributed by atoms with van der Waals surface area (Å²) < 4.78 is 0. The van der Waals surface area contributed by atoms with Crippen LogP contribution in [0.2, 0.25) is 0 Å². The fourth-order valence-electron chi connectivity index (χ4n) is 3.83. The molecule has 8 heteroatoms. The van der Waals surface area contributed by atoms with Crippen molar-refractivity contribution >= 4 is 28.6 Å². The summed E-state index contributed by atoms with van der Waals surface area (Å²) in [6, 6.07) is 14.8. The topological polar surface area (TPSA) is 94.7 Å². The van der Waals surface area contributed by atoms with Gasteiger partial charge < -0.3 is 15.6 Å². The van der Waals surface area contributed by atoms with Crippen LogP contribution >= 0.6 is 0 Å². The highest BCUT2D eigenvalue weighted by Gasteiger charge is 2.21. The van der Waals surface area contributed by atoms with Gasteiger partial charge in [-0.25, -0.2) is 4.98 Å². The third-order valence-electron chi connectivity index (χ3n) is 5.38. The van der Waals surface area contributed by atoms with Crippen molar-refractivity contribution in [3.05, 3.63) is 66.7 Å². The molecular weight excluding hydrogens is 376 g/mol. The second kappa shape index (κ2) is 8.46. The summed E-state index contributed by atoms with van der Waals surface area (Å²) in [5.41, 5.74) is 3.68. The van der Waals surface area contributed by atoms with E-state index in [0.29, 0.717) is 17.6 Å². The Morgan fingerprint density at radius 1 is 1.03 bits per heavy atom. The summed E-state index contributed by atoms with van der Waals surface area (Å²) in [6.45, 7) is 3.13. The van der Waals surface area contributed by atoms with Gasteiger partial charge in [0.25, 0.3) is 0 Å². The van der Waals surface area contributed by atoms with E-state index in [0.717, 1.165) is 49.5 Å². The standard InChI is InChI=1S/C22H24N8/c1-2-5-16(6-3-1)14-30-11-8-17(9-12-30)26-21-19-20(25-15-24-19)28-22(29-21)27-18-7-4-10-23-13-18/h1-7,10,13,15,17H,8-9,11-12,14H2,(H3,24,25,26,27,28,29). The molecule has 5 rings (SSSR count). The fraction of sp³-hybridized carbons (Fsp3) is 0.273. The van der Waals surface area contributed by atoms with Crippen LogP contribution in [-0.4, -0.2) is 49.0 Å². The van der Waals surface area contributed by atoms with Gasteiger partial charge in [0.2, 0.25) is 5.95 Å². The molecule has 152 valence electrons. The Morgan fingerprint density at radius 2 is 1.90 bits per heavy atom. The van der Waals surface area contributed by atoms with E-state index < -0.39 is 0 Å². The number of piperidine rings is 1. The lowest BCUT2D eigenvalue weighted by Gasteiger charge is -2.32. The van der Waals surface area contributed by atoms with E-state index in [4.69, 9.17) is 4.98 Å². The zero-order valence-electron chi connectivity index (χ0n) is 16.6. The van der Waals surface area contributed by atoms with E-state index in [1.165, 1.54) is 5.56 Å². The molecule has 3 N–H and O–H groups in total. The first kappa shape index (κ1) is 18.5. The smallest absolute Gasteiger partial charge is 0.231 e. The second-order valence-electron chi connectivity index (χ2n) is 7.54. The molecular formula is C22H24N8. The molecule has 0 saturated carbocycles. The predicted molar refractivity (Wildman–Crippen MR) is 118 cm³/mol. The van der Waals surface area contributed by atoms with Crippen molar-refractivity contribution in [3.8, 4) is 0 Å². The van der Waals surface area contributed by atoms with Gasteiger partial charge in [0, 0.05) is 31.9 Å². The van der Waals surface area contributed by atoms with Crippen LogP contribution in [0.4, 0.5) is 17.5 Å². The number of aromatic amines is 1. The molecule has 1 aliphatic rings. The molecule has 3 aromatic heterocycles. The van der Waals surface area contributed by atoms with E-state index in [1.54, 1.807) is 18.7 Å². The molecule has 0 spiro atoms. The quantitative estimate of drug-likeness (QED) is 0.455. The zero-order chi connectivity index (χ0) is 20.2. The lowest BCUT2D eigenvalue weighted by atomic mass is 10.0. The molecule has 1 fully saturated rings. The molecule has 0 radical (unpaired) electrons. The summed E-state index contributed by atoms with van der Waals surface area (Å²) in [4.78, 5) is 23.3. The Balaban J connectivity index is 1.27. The predicted octanol–water partition coefficient (Wildman–Crippen LogP) is 3.57. The highest BCUT2D eigenvalue weighted by atomic mass is 15.2. The van der Waals surface area contributed by atoms with Gasteiger partial charge in [0.15, 0.2) is 11.5 Å². The summed E-state index contributed by atoms with van der Waals surface area (Å²) in [7, 11) is 0. The number of likely N-dealkylation sites (tertiary alicyclic amines) is 1. The van der Waals surface area contributed by atoms with Crippen LogP contribution in [0.25, 0.3) is 11.2 Å². The summed E-state index contributed by atoms with van der Waals surface area (Å²) in [5, 5.41) is 6.83. The Hall–Kier alpha value is -3.52. The van der Waals surface area contributed by atoms with Crippen LogP contribution in [0.15, 0.2) is 61.2 Å². The number of nitrogens with one attached hydrogen (secondary N) is 3. The van der Waals surface area contributed by atoms with Crippen LogP contribution < -0.4 is 10.6 Å². The van der Waals surface area contributed by atoms with Gasteiger partial charge in [-0.3, -0.25) is 9.88 Å². The van der Waals surface area contributed by atoms with E-state index in [-0.39, 0.29) is 0 Å². The lowest BCUT2D eigenvalue weighted by Crippen LogP contribution is -2.38. The van der Waals surface area contributed by atoms with E-state index in [2.05, 4.69) is 65.8 Å². The molecule has 0 unspecified atom stereocenters. The number of rotatable bonds is 6. The minimum absolute atomic E-state index is 0.365. The van der Waals surface area contributed by atoms with Crippen LogP contribution in [0.5, 0.6) is 0 Å². The first-order valence-electron chi connectivity index (χ1n) is 10.2. The normalized spacial score (nSPS) is 15.3. The average molecular weight is 400 g/mol. The number of fused-ring (bicyclic) bond motifs is 1. The number of pyridine rings is 1. The van der Waals surface area contributed by atoms with Gasteiger partial charge in [0.1, 0.15) is 5.52 Å². The molecule has 1 saturated heterocycles. The number of imidazole rings is 1. The molecule has 4 heterocycles. The maximum Gasteiger partial charge on any atom is 0.231 e. The molecule has 0 aliphatic carbocycles. The Bertz CT molecular complexity index is 1090. The van der Waals surface area contributed by atoms with Crippen molar-refractivity contribution in [2.24, 2.45) is 0 Å². The highest BCUT2D eigenvalue weighted by molar-refractivity contribution is 5.84. The highest BCUT2D eigenvalue weighted by Crippen LogP contribution is 2.24. The van der Waals surface area contributed by atoms with Crippen molar-refractivity contribution in [1.29, 1.82) is 0 Å². The number of H-pyrrole nitrogens is 1. The van der Waals surface area contributed by atoms with Crippen LogP contribution in [-0.2, 0) is 6.54 Å². The summed E-state index contributed by atoms with van der Waals surface area (Å²) in [6.07, 6.45) is 7.27. The Labute approximate surface area is 174 Å². The number of aromatic nitrogens is 5. The minimum Gasteiger partial charge on any atom is -0.365 e. The monoisotopic (exact) mass is 400 g/mol. The number of anilines is 3. The molecule has 8 nitrogen and oxygen atoms in total. The van der Waals surface area contributed by atoms with Gasteiger partial charge in [-0.1, -0.05) is 30.3 Å². The van der Waals surface area contributed by atoms with Crippen molar-refractivity contribution in [1.82, 2.24) is 29.8 Å². The largest absolute Gasteiger partial charge is 0.365 e. The number of hydrogen-bond acceptors (Lipinski definition) is 7. The van der Waals surface area contributed by atoms with E-state index >= 15 is 0 Å². The summed E-state index contributed by atoms with van der Waals surface area (Å²) in [5.74, 6) is 1.29. The lowest BCUT2D eigenvalue weighted by molar-refractivity contribution is 0.211. The van der Waals surface area contributed by atoms with Crippen LogP contribution in [0.3, 0.4) is 0 Å². The van der Waals surface area contributed by atoms with Crippen molar-refractivity contribution in [3.63, 3.8) is 0 Å². The van der Waals surface area contributed by atoms with Gasteiger partial charge in [-0.15, -0.1) is 0 Å². The van der Waals surface area contributed by atoms with Gasteiger partial charge >= 0.3 is 0 Å². The maximum atomic E-state index is 4.70. The third kappa shape index (κ3) is 4.23. The van der Waals surface area contributed by atoms with E-state index in [9.17, 15) is 0 Å². The SMILES string of the molecule is c1ccc(CN2CCC(Nc3nc(Nc4cccnc4)nc4nc[nH]c34)CC2)cc1. The minimum atomic E-state index is 0.365. The van der Waals surface area contributed by atoms with Gasteiger partial charge in [0.05, 0.1) is 18.2 Å². The average Bonchev–Trinajstić information content (AvgIpc) is 3.26. The third-order valence-corrected chi connectivity index (χ3v) is 5.38. The van der Waals surface area contributed by atoms with Crippen LogP contribution in [0.1, 0.15) is 18.4 Å². The second-order valence-corrected chi connectivity index (χ2v) is 7.54. The first-order chi connectivity index (χ1) is 14.8. The first-order valence-corrected chi connectivity index (χ1v) is 10.2. The molecule has 1 aromatic carbocycles. The molecule has 0 atom stereocenters. The van der Waals surface area contributed by atoms with Crippen molar-refractivity contribution in [2.45, 2.75) is 25.4 Å². The van der Waals surface area contributed by atoms with Gasteiger partial charge in [-0.05, 0) is 30.5 Å². The molecule has 4 aromatic rings. The number of hydrogen-bond donors (Lipinski definition) is 3. The zero-order valence-corrected chi connectivity index (χ0v) is 16.6. The summed E-state index contributed by atoms with van der Waals surface area (Å²) >= 11 is 0. The molecule has 1 aliphatic heterocycles. The van der Waals surface area contributed by atoms with Gasteiger partial charge in [-0.2, -0.15) is 9.97 Å². The van der Waals surface area contributed by atoms with Crippen LogP contribution in [0, 0.1) is 0 Å². The van der Waals surface area contributed by atoms with E-state index in [1.807, 2.05) is 12.1 Å².